The molecule has 61 valence electrons. The van der Waals surface area contributed by atoms with Gasteiger partial charge in [-0.15, -0.1) is 0 Å². The highest BCUT2D eigenvalue weighted by atomic mass is 33.1. The van der Waals surface area contributed by atoms with Crippen LogP contribution in [-0.4, -0.2) is 5.75 Å². The molecule has 0 N–H and O–H groups in total. The summed E-state index contributed by atoms with van der Waals surface area (Å²) in [5, 5.41) is 0. The highest BCUT2D eigenvalue weighted by molar-refractivity contribution is 8.68. The standard InChI is InChI=1S/C8H17S2/c1-3-4-5-8(2)6-7-10-9/h8H,3-7H2,1-2H3. The molecule has 0 saturated heterocycles. The molecule has 0 aromatic heterocycles. The minimum absolute atomic E-state index is 0.885. The predicted octanol–water partition coefficient (Wildman–Crippen LogP) is 4.05. The van der Waals surface area contributed by atoms with E-state index in [1.54, 1.807) is 10.8 Å². The first kappa shape index (κ1) is 10.7. The quantitative estimate of drug-likeness (QED) is 0.552. The maximum atomic E-state index is 4.80. The molecule has 2 heteroatoms. The zero-order chi connectivity index (χ0) is 7.82. The fraction of sp³-hybridized carbons (Fsp3) is 1.00. The highest BCUT2D eigenvalue weighted by Crippen LogP contribution is 2.16. The van der Waals surface area contributed by atoms with E-state index in [0.29, 0.717) is 0 Å². The van der Waals surface area contributed by atoms with Crippen LogP contribution in [0.4, 0.5) is 0 Å². The van der Waals surface area contributed by atoms with Gasteiger partial charge in [-0.25, -0.2) is 0 Å². The molecule has 0 aliphatic rings. The third kappa shape index (κ3) is 6.81. The smallest absolute Gasteiger partial charge is 0.00479 e. The zero-order valence-corrected chi connectivity index (χ0v) is 8.56. The van der Waals surface area contributed by atoms with Crippen molar-refractivity contribution in [3.63, 3.8) is 0 Å². The second kappa shape index (κ2) is 7.80. The molecule has 0 aliphatic carbocycles. The van der Waals surface area contributed by atoms with Crippen molar-refractivity contribution in [3.05, 3.63) is 0 Å². The number of rotatable bonds is 6. The lowest BCUT2D eigenvalue weighted by Crippen LogP contribution is -1.95. The summed E-state index contributed by atoms with van der Waals surface area (Å²) in [7, 11) is 1.55. The third-order valence-corrected chi connectivity index (χ3v) is 2.65. The molecule has 0 aromatic rings. The van der Waals surface area contributed by atoms with Crippen molar-refractivity contribution in [1.29, 1.82) is 0 Å². The fourth-order valence-electron chi connectivity index (χ4n) is 0.946. The fourth-order valence-corrected chi connectivity index (χ4v) is 1.73. The lowest BCUT2D eigenvalue weighted by atomic mass is 10.0. The molecule has 1 unspecified atom stereocenters. The van der Waals surface area contributed by atoms with Gasteiger partial charge in [0.25, 0.3) is 0 Å². The first-order valence-electron chi connectivity index (χ1n) is 4.06. The Bertz CT molecular complexity index is 56.3. The Hall–Kier alpha value is 0.700. The molecule has 0 amide bonds. The van der Waals surface area contributed by atoms with Gasteiger partial charge in [-0.05, 0) is 24.0 Å². The molecule has 1 radical (unpaired) electrons. The Morgan fingerprint density at radius 1 is 1.40 bits per heavy atom. The van der Waals surface area contributed by atoms with Gasteiger partial charge in [-0.1, -0.05) is 43.9 Å². The Morgan fingerprint density at radius 3 is 2.60 bits per heavy atom. The van der Waals surface area contributed by atoms with Gasteiger partial charge in [-0.2, -0.15) is 0 Å². The van der Waals surface area contributed by atoms with Crippen molar-refractivity contribution < 1.29 is 0 Å². The second-order valence-corrected chi connectivity index (χ2v) is 4.21. The topological polar surface area (TPSA) is 0 Å². The molecule has 0 nitrogen and oxygen atoms in total. The average Bonchev–Trinajstić information content (AvgIpc) is 1.97. The van der Waals surface area contributed by atoms with E-state index in [-0.39, 0.29) is 0 Å². The maximum Gasteiger partial charge on any atom is 0.00479 e. The van der Waals surface area contributed by atoms with Crippen LogP contribution < -0.4 is 0 Å². The lowest BCUT2D eigenvalue weighted by molar-refractivity contribution is 0.495. The minimum atomic E-state index is 0.885. The average molecular weight is 177 g/mol. The number of hydrogen-bond acceptors (Lipinski definition) is 1. The van der Waals surface area contributed by atoms with E-state index in [2.05, 4.69) is 13.8 Å². The second-order valence-electron chi connectivity index (χ2n) is 2.86. The maximum absolute atomic E-state index is 4.80. The van der Waals surface area contributed by atoms with Crippen LogP contribution in [0.25, 0.3) is 0 Å². The van der Waals surface area contributed by atoms with Crippen LogP contribution in [0.1, 0.15) is 39.5 Å². The van der Waals surface area contributed by atoms with Crippen molar-refractivity contribution in [1.82, 2.24) is 0 Å². The van der Waals surface area contributed by atoms with Crippen LogP contribution in [0.2, 0.25) is 0 Å². The Labute approximate surface area is 74.0 Å². The molecule has 0 bridgehead atoms. The van der Waals surface area contributed by atoms with Crippen LogP contribution in [-0.2, 0) is 0 Å². The van der Waals surface area contributed by atoms with Crippen molar-refractivity contribution in [2.24, 2.45) is 5.92 Å². The minimum Gasteiger partial charge on any atom is -0.0817 e. The van der Waals surface area contributed by atoms with Gasteiger partial charge in [0.1, 0.15) is 0 Å². The predicted molar refractivity (Wildman–Crippen MR) is 53.4 cm³/mol. The number of unbranched alkanes of at least 4 members (excludes halogenated alkanes) is 1. The molecule has 0 aromatic carbocycles. The van der Waals surface area contributed by atoms with Gasteiger partial charge >= 0.3 is 0 Å². The molecule has 0 rings (SSSR count). The molecule has 1 atom stereocenters. The monoisotopic (exact) mass is 177 g/mol. The lowest BCUT2D eigenvalue weighted by Gasteiger charge is -2.07. The van der Waals surface area contributed by atoms with E-state index in [4.69, 9.17) is 11.7 Å². The summed E-state index contributed by atoms with van der Waals surface area (Å²) in [4.78, 5) is 0. The van der Waals surface area contributed by atoms with Crippen LogP contribution in [0.3, 0.4) is 0 Å². The van der Waals surface area contributed by atoms with E-state index in [1.807, 2.05) is 0 Å². The van der Waals surface area contributed by atoms with Crippen LogP contribution in [0.15, 0.2) is 0 Å². The van der Waals surface area contributed by atoms with Crippen molar-refractivity contribution in [2.75, 3.05) is 5.75 Å². The van der Waals surface area contributed by atoms with Crippen molar-refractivity contribution in [2.45, 2.75) is 39.5 Å². The summed E-state index contributed by atoms with van der Waals surface area (Å²) >= 11 is 4.80. The Morgan fingerprint density at radius 2 is 2.10 bits per heavy atom. The van der Waals surface area contributed by atoms with E-state index in [0.717, 1.165) is 11.7 Å². The normalized spacial score (nSPS) is 13.5. The van der Waals surface area contributed by atoms with Gasteiger partial charge in [-0.3, -0.25) is 0 Å². The zero-order valence-electron chi connectivity index (χ0n) is 6.93. The van der Waals surface area contributed by atoms with Gasteiger partial charge < -0.3 is 0 Å². The largest absolute Gasteiger partial charge is 0.0817 e. The Kier molecular flexibility index (Phi) is 8.35. The van der Waals surface area contributed by atoms with Gasteiger partial charge in [0.2, 0.25) is 0 Å². The molecular weight excluding hydrogens is 160 g/mol. The highest BCUT2D eigenvalue weighted by Gasteiger charge is 1.99. The van der Waals surface area contributed by atoms with Crippen LogP contribution >= 0.6 is 22.5 Å². The first-order chi connectivity index (χ1) is 4.81. The van der Waals surface area contributed by atoms with E-state index < -0.39 is 0 Å². The summed E-state index contributed by atoms with van der Waals surface area (Å²) in [5.74, 6) is 2.04. The number of hydrogen-bond donors (Lipinski definition) is 0. The van der Waals surface area contributed by atoms with Crippen molar-refractivity contribution in [3.8, 4) is 0 Å². The SMILES string of the molecule is CCCCC(C)CCS[S]. The molecular formula is C8H17S2. The van der Waals surface area contributed by atoms with Gasteiger partial charge in [0.15, 0.2) is 0 Å². The van der Waals surface area contributed by atoms with E-state index in [1.165, 1.54) is 25.7 Å². The summed E-state index contributed by atoms with van der Waals surface area (Å²) in [5.41, 5.74) is 0. The summed E-state index contributed by atoms with van der Waals surface area (Å²) in [6.45, 7) is 4.57. The first-order valence-corrected chi connectivity index (χ1v) is 5.97. The van der Waals surface area contributed by atoms with Crippen LogP contribution in [0.5, 0.6) is 0 Å². The third-order valence-electron chi connectivity index (χ3n) is 1.74. The Balaban J connectivity index is 3.00. The molecule has 0 fully saturated rings. The summed E-state index contributed by atoms with van der Waals surface area (Å²) in [6.07, 6.45) is 5.38. The molecule has 0 heterocycles. The van der Waals surface area contributed by atoms with Gasteiger partial charge in [0.05, 0.1) is 0 Å². The van der Waals surface area contributed by atoms with E-state index >= 15 is 0 Å². The molecule has 0 aliphatic heterocycles. The molecule has 0 spiro atoms. The molecule has 0 saturated carbocycles. The molecule has 10 heavy (non-hydrogen) atoms. The van der Waals surface area contributed by atoms with E-state index in [9.17, 15) is 0 Å². The van der Waals surface area contributed by atoms with Crippen LogP contribution in [0, 0.1) is 5.92 Å². The van der Waals surface area contributed by atoms with Gasteiger partial charge in [0, 0.05) is 5.75 Å². The summed E-state index contributed by atoms with van der Waals surface area (Å²) in [6, 6.07) is 0. The summed E-state index contributed by atoms with van der Waals surface area (Å²) < 4.78 is 0. The van der Waals surface area contributed by atoms with Crippen molar-refractivity contribution >= 4 is 22.5 Å².